The third kappa shape index (κ3) is 3.96. The van der Waals surface area contributed by atoms with Crippen LogP contribution in [-0.4, -0.2) is 52.8 Å². The second-order valence-corrected chi connectivity index (χ2v) is 9.65. The number of hydrogen-bond acceptors (Lipinski definition) is 8. The van der Waals surface area contributed by atoms with Crippen molar-refractivity contribution in [2.75, 3.05) is 18.4 Å². The summed E-state index contributed by atoms with van der Waals surface area (Å²) >= 11 is 2.59. The molecule has 12 heteroatoms. The van der Waals surface area contributed by atoms with Crippen molar-refractivity contribution in [1.82, 2.24) is 33.8 Å². The molecule has 1 aliphatic heterocycles. The van der Waals surface area contributed by atoms with E-state index in [0.29, 0.717) is 27.9 Å². The Balaban J connectivity index is 1.17. The van der Waals surface area contributed by atoms with Crippen LogP contribution in [-0.2, 0) is 17.9 Å². The van der Waals surface area contributed by atoms with Crippen molar-refractivity contribution >= 4 is 50.1 Å². The summed E-state index contributed by atoms with van der Waals surface area (Å²) in [5.41, 5.74) is 0.511. The summed E-state index contributed by atoms with van der Waals surface area (Å²) in [4.78, 5) is 32.2. The average Bonchev–Trinajstić information content (AvgIpc) is 3.52. The number of benzene rings is 1. The molecule has 33 heavy (non-hydrogen) atoms. The minimum absolute atomic E-state index is 0.151. The van der Waals surface area contributed by atoms with Gasteiger partial charge in [-0.05, 0) is 12.1 Å². The van der Waals surface area contributed by atoms with Crippen molar-refractivity contribution < 1.29 is 9.18 Å². The van der Waals surface area contributed by atoms with Gasteiger partial charge in [-0.25, -0.2) is 24.3 Å². The highest BCUT2D eigenvalue weighted by molar-refractivity contribution is 7.99. The van der Waals surface area contributed by atoms with Crippen LogP contribution < -0.4 is 5.32 Å². The van der Waals surface area contributed by atoms with Gasteiger partial charge >= 0.3 is 0 Å². The Morgan fingerprint density at radius 1 is 1.18 bits per heavy atom. The summed E-state index contributed by atoms with van der Waals surface area (Å²) in [7, 11) is 0. The minimum Gasteiger partial charge on any atom is -0.333 e. The number of rotatable bonds is 5. The number of amides is 1. The SMILES string of the molecule is O=C(CN1CCn2ccnc2C1)Nc1nc2cc(F)c(Sc3cnc4ncccn34)cc2s1. The monoisotopic (exact) mass is 480 g/mol. The summed E-state index contributed by atoms with van der Waals surface area (Å²) in [5, 5.41) is 4.07. The van der Waals surface area contributed by atoms with Crippen molar-refractivity contribution in [1.29, 1.82) is 0 Å². The maximum Gasteiger partial charge on any atom is 0.240 e. The molecule has 4 aromatic heterocycles. The fraction of sp³-hybridized carbons (Fsp3) is 0.190. The quantitative estimate of drug-likeness (QED) is 0.413. The second-order valence-electron chi connectivity index (χ2n) is 7.55. The lowest BCUT2D eigenvalue weighted by Gasteiger charge is -2.26. The standard InChI is InChI=1S/C21H17FN8OS2/c22-13-8-14-16(9-15(13)32-19-10-25-20-24-2-1-4-30(19)20)33-21(26-14)27-18(31)12-28-6-7-29-5-3-23-17(29)11-28/h1-5,8-10H,6-7,11-12H2,(H,26,27,31). The highest BCUT2D eigenvalue weighted by Gasteiger charge is 2.20. The van der Waals surface area contributed by atoms with Gasteiger partial charge in [0.15, 0.2) is 5.13 Å². The fourth-order valence-electron chi connectivity index (χ4n) is 3.78. The van der Waals surface area contributed by atoms with Crippen LogP contribution >= 0.6 is 23.1 Å². The van der Waals surface area contributed by atoms with Crippen LogP contribution in [0, 0.1) is 5.82 Å². The Morgan fingerprint density at radius 3 is 3.06 bits per heavy atom. The molecule has 0 aliphatic carbocycles. The predicted octanol–water partition coefficient (Wildman–Crippen LogP) is 3.28. The molecule has 5 heterocycles. The van der Waals surface area contributed by atoms with Crippen LogP contribution in [0.15, 0.2) is 59.1 Å². The first-order chi connectivity index (χ1) is 16.1. The number of hydrogen-bond donors (Lipinski definition) is 1. The van der Waals surface area contributed by atoms with Gasteiger partial charge in [0.1, 0.15) is 16.7 Å². The Labute approximate surface area is 195 Å². The molecule has 0 unspecified atom stereocenters. The van der Waals surface area contributed by atoms with E-state index in [4.69, 9.17) is 0 Å². The first-order valence-corrected chi connectivity index (χ1v) is 11.8. The number of fused-ring (bicyclic) bond motifs is 3. The predicted molar refractivity (Wildman–Crippen MR) is 123 cm³/mol. The molecule has 1 N–H and O–H groups in total. The number of imidazole rings is 2. The highest BCUT2D eigenvalue weighted by atomic mass is 32.2. The summed E-state index contributed by atoms with van der Waals surface area (Å²) < 4.78 is 19.5. The molecule has 5 aromatic rings. The van der Waals surface area contributed by atoms with Crippen molar-refractivity contribution in [3.8, 4) is 0 Å². The van der Waals surface area contributed by atoms with Gasteiger partial charge in [-0.3, -0.25) is 14.1 Å². The fourth-order valence-corrected chi connectivity index (χ4v) is 5.66. The van der Waals surface area contributed by atoms with Crippen molar-refractivity contribution in [3.63, 3.8) is 0 Å². The van der Waals surface area contributed by atoms with Crippen molar-refractivity contribution in [2.24, 2.45) is 0 Å². The zero-order valence-corrected chi connectivity index (χ0v) is 18.8. The lowest BCUT2D eigenvalue weighted by atomic mass is 10.3. The molecular weight excluding hydrogens is 463 g/mol. The second kappa shape index (κ2) is 8.21. The molecule has 0 fully saturated rings. The van der Waals surface area contributed by atoms with E-state index in [0.717, 1.165) is 28.6 Å². The number of nitrogens with one attached hydrogen (secondary N) is 1. The Hall–Kier alpha value is -3.35. The topological polar surface area (TPSA) is 93.2 Å². The summed E-state index contributed by atoms with van der Waals surface area (Å²) in [6.07, 6.45) is 8.90. The number of aromatic nitrogens is 6. The lowest BCUT2D eigenvalue weighted by Crippen LogP contribution is -2.39. The molecule has 0 bridgehead atoms. The van der Waals surface area contributed by atoms with E-state index < -0.39 is 0 Å². The van der Waals surface area contributed by atoms with E-state index in [2.05, 4.69) is 29.8 Å². The first kappa shape index (κ1) is 20.3. The van der Waals surface area contributed by atoms with Gasteiger partial charge in [0.05, 0.1) is 34.4 Å². The molecule has 6 rings (SSSR count). The summed E-state index contributed by atoms with van der Waals surface area (Å²) in [6.45, 7) is 2.47. The van der Waals surface area contributed by atoms with E-state index in [9.17, 15) is 9.18 Å². The molecule has 1 amide bonds. The number of nitrogens with zero attached hydrogens (tertiary/aromatic N) is 7. The van der Waals surface area contributed by atoms with Gasteiger partial charge in [-0.2, -0.15) is 0 Å². The third-order valence-electron chi connectivity index (χ3n) is 5.35. The van der Waals surface area contributed by atoms with Gasteiger partial charge in [0, 0.05) is 43.9 Å². The largest absolute Gasteiger partial charge is 0.333 e. The first-order valence-electron chi connectivity index (χ1n) is 10.2. The van der Waals surface area contributed by atoms with E-state index in [1.165, 1.54) is 29.2 Å². The van der Waals surface area contributed by atoms with E-state index in [-0.39, 0.29) is 18.3 Å². The molecule has 1 aliphatic rings. The lowest BCUT2D eigenvalue weighted by molar-refractivity contribution is -0.117. The molecule has 0 saturated heterocycles. The molecule has 0 saturated carbocycles. The normalized spacial score (nSPS) is 14.1. The van der Waals surface area contributed by atoms with Crippen LogP contribution in [0.3, 0.4) is 0 Å². The zero-order valence-electron chi connectivity index (χ0n) is 17.2. The Bertz CT molecular complexity index is 1490. The maximum atomic E-state index is 14.8. The molecule has 0 radical (unpaired) electrons. The minimum atomic E-state index is -0.377. The number of carbonyl (C=O) groups excluding carboxylic acids is 1. The third-order valence-corrected chi connectivity index (χ3v) is 7.33. The van der Waals surface area contributed by atoms with Crippen molar-refractivity contribution in [2.45, 2.75) is 23.0 Å². The van der Waals surface area contributed by atoms with E-state index >= 15 is 0 Å². The summed E-state index contributed by atoms with van der Waals surface area (Å²) in [5.74, 6) is 0.985. The number of halogens is 1. The summed E-state index contributed by atoms with van der Waals surface area (Å²) in [6, 6.07) is 4.95. The molecule has 166 valence electrons. The maximum absolute atomic E-state index is 14.8. The van der Waals surface area contributed by atoms with Crippen molar-refractivity contribution in [3.05, 3.63) is 60.8 Å². The number of anilines is 1. The van der Waals surface area contributed by atoms with Crippen LogP contribution in [0.1, 0.15) is 5.82 Å². The van der Waals surface area contributed by atoms with Gasteiger partial charge in [0.25, 0.3) is 0 Å². The van der Waals surface area contributed by atoms with Crippen LogP contribution in [0.4, 0.5) is 9.52 Å². The molecule has 1 aromatic carbocycles. The Kier molecular flexibility index (Phi) is 5.04. The average molecular weight is 481 g/mol. The zero-order chi connectivity index (χ0) is 22.4. The van der Waals surface area contributed by atoms with E-state index in [1.807, 2.05) is 17.3 Å². The van der Waals surface area contributed by atoms with Gasteiger partial charge in [-0.15, -0.1) is 0 Å². The smallest absolute Gasteiger partial charge is 0.240 e. The van der Waals surface area contributed by atoms with Crippen LogP contribution in [0.5, 0.6) is 0 Å². The number of thiazole rings is 1. The molecule has 0 atom stereocenters. The van der Waals surface area contributed by atoms with E-state index in [1.54, 1.807) is 35.1 Å². The van der Waals surface area contributed by atoms with Gasteiger partial charge < -0.3 is 9.88 Å². The van der Waals surface area contributed by atoms with Gasteiger partial charge in [0.2, 0.25) is 11.7 Å². The number of carbonyl (C=O) groups is 1. The van der Waals surface area contributed by atoms with Gasteiger partial charge in [-0.1, -0.05) is 23.1 Å². The van der Waals surface area contributed by atoms with Crippen LogP contribution in [0.25, 0.3) is 16.0 Å². The molecule has 0 spiro atoms. The van der Waals surface area contributed by atoms with Crippen LogP contribution in [0.2, 0.25) is 0 Å². The Morgan fingerprint density at radius 2 is 2.12 bits per heavy atom. The molecular formula is C21H17FN8OS2. The highest BCUT2D eigenvalue weighted by Crippen LogP contribution is 2.35. The molecule has 9 nitrogen and oxygen atoms in total.